The molecule has 0 saturated carbocycles. The van der Waals surface area contributed by atoms with E-state index in [-0.39, 0.29) is 19.1 Å². The van der Waals surface area contributed by atoms with Gasteiger partial charge in [-0.25, -0.2) is 9.80 Å². The first-order valence-electron chi connectivity index (χ1n) is 14.8. The molecule has 2 aromatic carbocycles. The van der Waals surface area contributed by atoms with Gasteiger partial charge in [-0.2, -0.15) is 0 Å². The van der Waals surface area contributed by atoms with Crippen LogP contribution in [-0.4, -0.2) is 82.1 Å². The van der Waals surface area contributed by atoms with Crippen LogP contribution in [0.15, 0.2) is 72.8 Å². The molecule has 240 valence electrons. The normalized spacial score (nSPS) is 14.1. The van der Waals surface area contributed by atoms with Crippen molar-refractivity contribution in [3.8, 4) is 0 Å². The number of hydrogen-bond acceptors (Lipinski definition) is 6. The Morgan fingerprint density at radius 1 is 0.756 bits per heavy atom. The van der Waals surface area contributed by atoms with Gasteiger partial charge in [-0.1, -0.05) is 60.7 Å². The molecule has 0 radical (unpaired) electrons. The lowest BCUT2D eigenvalue weighted by Crippen LogP contribution is -2.57. The minimum absolute atomic E-state index is 0.281. The van der Waals surface area contributed by atoms with E-state index in [1.807, 2.05) is 60.7 Å². The Morgan fingerprint density at radius 3 is 1.80 bits per heavy atom. The number of nitrogens with two attached hydrogens (primary N) is 1. The summed E-state index contributed by atoms with van der Waals surface area (Å²) in [6.45, 7) is 3.98. The number of benzene rings is 2. The number of carbonyl (C=O) groups excluding carboxylic acids is 6. The Balaban J connectivity index is 1.61. The molecule has 1 heterocycles. The van der Waals surface area contributed by atoms with Crippen LogP contribution < -0.4 is 21.8 Å². The van der Waals surface area contributed by atoms with E-state index in [0.29, 0.717) is 18.1 Å². The SMILES string of the molecule is C[C@H](NC(=O)[C@H](C)NC(=O)N1CCCCC1)C(=O)NN(CC(N)=O)C(=O)/C=C/C(=O)N(Cc1ccccc1)Cc1ccccc1. The van der Waals surface area contributed by atoms with Crippen LogP contribution in [0.5, 0.6) is 0 Å². The first-order chi connectivity index (χ1) is 21.5. The third kappa shape index (κ3) is 11.4. The van der Waals surface area contributed by atoms with Crippen molar-refractivity contribution in [2.45, 2.75) is 58.3 Å². The van der Waals surface area contributed by atoms with Crippen molar-refractivity contribution in [1.29, 1.82) is 0 Å². The molecule has 7 amide bonds. The molecule has 1 fully saturated rings. The van der Waals surface area contributed by atoms with E-state index < -0.39 is 48.2 Å². The van der Waals surface area contributed by atoms with E-state index in [9.17, 15) is 28.8 Å². The van der Waals surface area contributed by atoms with Gasteiger partial charge in [0, 0.05) is 38.3 Å². The summed E-state index contributed by atoms with van der Waals surface area (Å²) in [6, 6.07) is 16.3. The monoisotopic (exact) mass is 619 g/mol. The fourth-order valence-electron chi connectivity index (χ4n) is 4.56. The molecule has 0 unspecified atom stereocenters. The Hall–Kier alpha value is -5.20. The highest BCUT2D eigenvalue weighted by molar-refractivity contribution is 5.99. The second-order valence-electron chi connectivity index (χ2n) is 10.8. The second kappa shape index (κ2) is 17.2. The number of piperidine rings is 1. The van der Waals surface area contributed by atoms with E-state index in [2.05, 4.69) is 16.1 Å². The molecule has 0 bridgehead atoms. The van der Waals surface area contributed by atoms with Gasteiger partial charge < -0.3 is 26.2 Å². The minimum Gasteiger partial charge on any atom is -0.368 e. The van der Waals surface area contributed by atoms with Crippen LogP contribution in [-0.2, 0) is 37.1 Å². The highest BCUT2D eigenvalue weighted by atomic mass is 16.2. The first-order valence-corrected chi connectivity index (χ1v) is 14.8. The highest BCUT2D eigenvalue weighted by Gasteiger charge is 2.26. The molecule has 0 aliphatic carbocycles. The number of rotatable bonds is 12. The average Bonchev–Trinajstić information content (AvgIpc) is 3.03. The summed E-state index contributed by atoms with van der Waals surface area (Å²) in [5, 5.41) is 5.76. The zero-order valence-electron chi connectivity index (χ0n) is 25.6. The van der Waals surface area contributed by atoms with Crippen molar-refractivity contribution < 1.29 is 28.8 Å². The van der Waals surface area contributed by atoms with E-state index in [1.54, 1.807) is 9.80 Å². The lowest BCUT2D eigenvalue weighted by Gasteiger charge is -2.28. The van der Waals surface area contributed by atoms with Crippen LogP contribution in [0.25, 0.3) is 0 Å². The topological polar surface area (TPSA) is 174 Å². The Bertz CT molecular complexity index is 1320. The molecular weight excluding hydrogens is 578 g/mol. The molecule has 5 N–H and O–H groups in total. The summed E-state index contributed by atoms with van der Waals surface area (Å²) >= 11 is 0. The number of urea groups is 1. The first kappa shape index (κ1) is 34.3. The van der Waals surface area contributed by atoms with Crippen LogP contribution in [0.4, 0.5) is 4.79 Å². The van der Waals surface area contributed by atoms with Gasteiger partial charge in [-0.15, -0.1) is 0 Å². The zero-order chi connectivity index (χ0) is 32.8. The summed E-state index contributed by atoms with van der Waals surface area (Å²) in [5.41, 5.74) is 9.34. The van der Waals surface area contributed by atoms with E-state index in [1.165, 1.54) is 13.8 Å². The van der Waals surface area contributed by atoms with Crippen LogP contribution >= 0.6 is 0 Å². The van der Waals surface area contributed by atoms with Gasteiger partial charge in [0.2, 0.25) is 17.7 Å². The van der Waals surface area contributed by atoms with Crippen LogP contribution in [0.2, 0.25) is 0 Å². The third-order valence-corrected chi connectivity index (χ3v) is 7.07. The van der Waals surface area contributed by atoms with Gasteiger partial charge in [0.1, 0.15) is 18.6 Å². The molecule has 3 rings (SSSR count). The zero-order valence-corrected chi connectivity index (χ0v) is 25.6. The standard InChI is InChI=1S/C32H41N7O6/c1-23(35-32(45)37-18-10-5-11-19-37)30(43)34-24(2)31(44)36-39(22-27(33)40)29(42)17-16-28(41)38(20-25-12-6-3-7-13-25)21-26-14-8-4-9-15-26/h3-4,6-9,12-17,23-24H,5,10-11,18-22H2,1-2H3,(H2,33,40)(H,34,43)(H,35,45)(H,36,44)/b17-16+/t23-,24-/m0/s1. The smallest absolute Gasteiger partial charge is 0.318 e. The van der Waals surface area contributed by atoms with E-state index in [0.717, 1.165) is 42.5 Å². The molecule has 1 aliphatic heterocycles. The molecule has 13 nitrogen and oxygen atoms in total. The van der Waals surface area contributed by atoms with Gasteiger partial charge in [-0.3, -0.25) is 29.4 Å². The quantitative estimate of drug-likeness (QED) is 0.205. The van der Waals surface area contributed by atoms with Crippen molar-refractivity contribution in [2.24, 2.45) is 5.73 Å². The van der Waals surface area contributed by atoms with Gasteiger partial charge in [-0.05, 0) is 44.2 Å². The van der Waals surface area contributed by atoms with Crippen molar-refractivity contribution in [3.05, 3.63) is 83.9 Å². The number of amides is 7. The number of nitrogens with one attached hydrogen (secondary N) is 3. The molecule has 1 aliphatic rings. The molecule has 13 heteroatoms. The molecule has 0 aromatic heterocycles. The Labute approximate surface area is 262 Å². The summed E-state index contributed by atoms with van der Waals surface area (Å²) in [5.74, 6) is -3.69. The molecule has 45 heavy (non-hydrogen) atoms. The van der Waals surface area contributed by atoms with Crippen LogP contribution in [0, 0.1) is 0 Å². The maximum absolute atomic E-state index is 13.2. The minimum atomic E-state index is -1.15. The molecule has 0 spiro atoms. The Kier molecular flexibility index (Phi) is 13.1. The number of nitrogens with zero attached hydrogens (tertiary/aromatic N) is 3. The summed E-state index contributed by atoms with van der Waals surface area (Å²) in [4.78, 5) is 79.0. The maximum Gasteiger partial charge on any atom is 0.318 e. The fraction of sp³-hybridized carbons (Fsp3) is 0.375. The van der Waals surface area contributed by atoms with Gasteiger partial charge >= 0.3 is 6.03 Å². The number of hydrogen-bond donors (Lipinski definition) is 4. The fourth-order valence-corrected chi connectivity index (χ4v) is 4.56. The molecular formula is C32H41N7O6. The maximum atomic E-state index is 13.2. The van der Waals surface area contributed by atoms with Crippen molar-refractivity contribution in [3.63, 3.8) is 0 Å². The number of primary amides is 1. The predicted octanol–water partition coefficient (Wildman–Crippen LogP) is 1.21. The number of carbonyl (C=O) groups is 6. The van der Waals surface area contributed by atoms with E-state index >= 15 is 0 Å². The van der Waals surface area contributed by atoms with Crippen LogP contribution in [0.1, 0.15) is 44.2 Å². The highest BCUT2D eigenvalue weighted by Crippen LogP contribution is 2.11. The summed E-state index contributed by atoms with van der Waals surface area (Å²) in [7, 11) is 0. The lowest BCUT2D eigenvalue weighted by atomic mass is 10.1. The lowest BCUT2D eigenvalue weighted by molar-refractivity contribution is -0.142. The van der Waals surface area contributed by atoms with Crippen molar-refractivity contribution in [1.82, 2.24) is 30.9 Å². The van der Waals surface area contributed by atoms with Crippen molar-refractivity contribution >= 4 is 35.6 Å². The summed E-state index contributed by atoms with van der Waals surface area (Å²) < 4.78 is 0. The number of hydrazine groups is 1. The molecule has 2 atom stereocenters. The van der Waals surface area contributed by atoms with Gasteiger partial charge in [0.25, 0.3) is 11.8 Å². The predicted molar refractivity (Wildman–Crippen MR) is 166 cm³/mol. The summed E-state index contributed by atoms with van der Waals surface area (Å²) in [6.07, 6.45) is 4.85. The largest absolute Gasteiger partial charge is 0.368 e. The number of likely N-dealkylation sites (tertiary alicyclic amines) is 1. The van der Waals surface area contributed by atoms with Crippen LogP contribution in [0.3, 0.4) is 0 Å². The molecule has 2 aromatic rings. The van der Waals surface area contributed by atoms with Gasteiger partial charge in [0.05, 0.1) is 0 Å². The third-order valence-electron chi connectivity index (χ3n) is 7.07. The van der Waals surface area contributed by atoms with Crippen molar-refractivity contribution in [2.75, 3.05) is 19.6 Å². The second-order valence-corrected chi connectivity index (χ2v) is 10.8. The Morgan fingerprint density at radius 2 is 1.27 bits per heavy atom. The van der Waals surface area contributed by atoms with Gasteiger partial charge in [0.15, 0.2) is 0 Å². The molecule has 1 saturated heterocycles. The van der Waals surface area contributed by atoms with E-state index in [4.69, 9.17) is 5.73 Å². The average molecular weight is 620 g/mol.